The molecule has 1 N–H and O–H groups in total. The molecule has 0 spiro atoms. The zero-order valence-corrected chi connectivity index (χ0v) is 14.5. The van der Waals surface area contributed by atoms with Gasteiger partial charge in [-0.1, -0.05) is 17.7 Å². The molecule has 1 unspecified atom stereocenters. The van der Waals surface area contributed by atoms with E-state index in [0.29, 0.717) is 30.0 Å². The topological polar surface area (TPSA) is 77.9 Å². The molecule has 7 heteroatoms. The number of rotatable bonds is 4. The minimum absolute atomic E-state index is 0.0862. The Balaban J connectivity index is 2.01. The average molecular weight is 353 g/mol. The number of carboxylic acids is 1. The number of halogens is 1. The fourth-order valence-corrected chi connectivity index (χ4v) is 2.98. The summed E-state index contributed by atoms with van der Waals surface area (Å²) in [6.07, 6.45) is 1.24. The monoisotopic (exact) mass is 352 g/mol. The molecule has 1 saturated heterocycles. The van der Waals surface area contributed by atoms with Crippen molar-refractivity contribution in [1.82, 2.24) is 9.80 Å². The molecule has 0 aliphatic carbocycles. The van der Waals surface area contributed by atoms with E-state index in [-0.39, 0.29) is 24.9 Å². The van der Waals surface area contributed by atoms with Crippen LogP contribution < -0.4 is 0 Å². The van der Waals surface area contributed by atoms with Crippen LogP contribution >= 0.6 is 11.6 Å². The molecule has 0 saturated carbocycles. The van der Waals surface area contributed by atoms with Gasteiger partial charge in [0, 0.05) is 30.7 Å². The van der Waals surface area contributed by atoms with E-state index in [0.717, 1.165) is 5.56 Å². The Bertz CT molecular complexity index is 662. The van der Waals surface area contributed by atoms with E-state index in [9.17, 15) is 14.4 Å². The number of piperidine rings is 1. The fourth-order valence-electron chi connectivity index (χ4n) is 2.81. The summed E-state index contributed by atoms with van der Waals surface area (Å²) in [7, 11) is 1.55. The highest BCUT2D eigenvalue weighted by molar-refractivity contribution is 6.31. The lowest BCUT2D eigenvalue weighted by molar-refractivity contribution is -0.145. The summed E-state index contributed by atoms with van der Waals surface area (Å²) in [6.45, 7) is 2.45. The normalized spacial score (nSPS) is 17.5. The van der Waals surface area contributed by atoms with Gasteiger partial charge in [0.25, 0.3) is 5.91 Å². The molecule has 1 aromatic rings. The Morgan fingerprint density at radius 1 is 1.38 bits per heavy atom. The van der Waals surface area contributed by atoms with Crippen molar-refractivity contribution in [3.8, 4) is 0 Å². The van der Waals surface area contributed by atoms with Crippen LogP contribution in [0.25, 0.3) is 0 Å². The van der Waals surface area contributed by atoms with Gasteiger partial charge in [-0.2, -0.15) is 0 Å². The van der Waals surface area contributed by atoms with Gasteiger partial charge in [0.15, 0.2) is 0 Å². The molecule has 0 radical (unpaired) electrons. The lowest BCUT2D eigenvalue weighted by atomic mass is 9.98. The molecule has 130 valence electrons. The minimum Gasteiger partial charge on any atom is -0.481 e. The number of aryl methyl sites for hydroxylation is 1. The van der Waals surface area contributed by atoms with Gasteiger partial charge in [-0.3, -0.25) is 14.4 Å². The average Bonchev–Trinajstić information content (AvgIpc) is 2.56. The van der Waals surface area contributed by atoms with Crippen LogP contribution in [0, 0.1) is 12.8 Å². The van der Waals surface area contributed by atoms with E-state index in [1.54, 1.807) is 32.2 Å². The largest absolute Gasteiger partial charge is 0.481 e. The first kappa shape index (κ1) is 18.3. The predicted molar refractivity (Wildman–Crippen MR) is 90.1 cm³/mol. The number of benzene rings is 1. The molecule has 2 amide bonds. The van der Waals surface area contributed by atoms with Crippen molar-refractivity contribution < 1.29 is 19.5 Å². The fraction of sp³-hybridized carbons (Fsp3) is 0.471. The van der Waals surface area contributed by atoms with Gasteiger partial charge in [-0.25, -0.2) is 0 Å². The lowest BCUT2D eigenvalue weighted by Crippen LogP contribution is -2.47. The first-order chi connectivity index (χ1) is 11.3. The summed E-state index contributed by atoms with van der Waals surface area (Å²) < 4.78 is 0. The van der Waals surface area contributed by atoms with Crippen molar-refractivity contribution in [1.29, 1.82) is 0 Å². The molecule has 0 bridgehead atoms. The van der Waals surface area contributed by atoms with E-state index < -0.39 is 11.9 Å². The molecule has 1 aromatic carbocycles. The molecule has 2 rings (SSSR count). The number of hydrogen-bond acceptors (Lipinski definition) is 3. The Labute approximate surface area is 146 Å². The lowest BCUT2D eigenvalue weighted by Gasteiger charge is -2.32. The predicted octanol–water partition coefficient (Wildman–Crippen LogP) is 2.04. The number of carbonyl (C=O) groups is 3. The number of carboxylic acid groups (broad SMARTS) is 1. The van der Waals surface area contributed by atoms with Crippen molar-refractivity contribution in [3.63, 3.8) is 0 Å². The molecule has 1 heterocycles. The highest BCUT2D eigenvalue weighted by atomic mass is 35.5. The maximum atomic E-state index is 12.5. The third kappa shape index (κ3) is 4.26. The molecule has 1 atom stereocenters. The van der Waals surface area contributed by atoms with Crippen molar-refractivity contribution in [3.05, 3.63) is 34.3 Å². The van der Waals surface area contributed by atoms with Gasteiger partial charge in [0.05, 0.1) is 12.5 Å². The quantitative estimate of drug-likeness (QED) is 0.899. The van der Waals surface area contributed by atoms with Crippen LogP contribution in [0.2, 0.25) is 5.02 Å². The molecular formula is C17H21ClN2O4. The summed E-state index contributed by atoms with van der Waals surface area (Å²) in [5.74, 6) is -1.93. The highest BCUT2D eigenvalue weighted by Gasteiger charge is 2.29. The van der Waals surface area contributed by atoms with E-state index in [1.165, 1.54) is 9.80 Å². The summed E-state index contributed by atoms with van der Waals surface area (Å²) >= 11 is 5.94. The zero-order valence-electron chi connectivity index (χ0n) is 13.8. The van der Waals surface area contributed by atoms with Gasteiger partial charge in [-0.15, -0.1) is 0 Å². The molecule has 1 aliphatic rings. The van der Waals surface area contributed by atoms with Gasteiger partial charge >= 0.3 is 5.97 Å². The van der Waals surface area contributed by atoms with Gasteiger partial charge in [0.1, 0.15) is 0 Å². The third-order valence-electron chi connectivity index (χ3n) is 4.27. The maximum absolute atomic E-state index is 12.5. The zero-order chi connectivity index (χ0) is 17.9. The van der Waals surface area contributed by atoms with Crippen LogP contribution in [0.5, 0.6) is 0 Å². The molecule has 6 nitrogen and oxygen atoms in total. The standard InChI is InChI=1S/C17H21ClN2O4/c1-11-5-6-13(18)8-14(11)16(22)19(2)10-15(21)20-7-3-4-12(9-20)17(23)24/h5-6,8,12H,3-4,7,9-10H2,1-2H3,(H,23,24). The summed E-state index contributed by atoms with van der Waals surface area (Å²) in [5, 5.41) is 9.56. The third-order valence-corrected chi connectivity index (χ3v) is 4.51. The van der Waals surface area contributed by atoms with Crippen molar-refractivity contribution >= 4 is 29.4 Å². The SMILES string of the molecule is Cc1ccc(Cl)cc1C(=O)N(C)CC(=O)N1CCCC(C(=O)O)C1. The van der Waals surface area contributed by atoms with E-state index >= 15 is 0 Å². The van der Waals surface area contributed by atoms with Crippen LogP contribution in [0.15, 0.2) is 18.2 Å². The van der Waals surface area contributed by atoms with Crippen molar-refractivity contribution in [2.24, 2.45) is 5.92 Å². The van der Waals surface area contributed by atoms with E-state index in [1.807, 2.05) is 0 Å². The number of aliphatic carboxylic acids is 1. The Hall–Kier alpha value is -2.08. The summed E-state index contributed by atoms with van der Waals surface area (Å²) in [6, 6.07) is 5.05. The first-order valence-electron chi connectivity index (χ1n) is 7.81. The number of amides is 2. The number of nitrogens with zero attached hydrogens (tertiary/aromatic N) is 2. The number of hydrogen-bond donors (Lipinski definition) is 1. The van der Waals surface area contributed by atoms with Gasteiger partial charge < -0.3 is 14.9 Å². The Morgan fingerprint density at radius 3 is 2.75 bits per heavy atom. The Morgan fingerprint density at radius 2 is 2.08 bits per heavy atom. The molecule has 1 aliphatic heterocycles. The smallest absolute Gasteiger partial charge is 0.308 e. The van der Waals surface area contributed by atoms with Crippen LogP contribution in [0.4, 0.5) is 0 Å². The number of carbonyl (C=O) groups excluding carboxylic acids is 2. The highest BCUT2D eigenvalue weighted by Crippen LogP contribution is 2.19. The van der Waals surface area contributed by atoms with Crippen LogP contribution in [-0.2, 0) is 9.59 Å². The van der Waals surface area contributed by atoms with Gasteiger partial charge in [-0.05, 0) is 37.5 Å². The van der Waals surface area contributed by atoms with Crippen molar-refractivity contribution in [2.75, 3.05) is 26.7 Å². The molecule has 0 aromatic heterocycles. The van der Waals surface area contributed by atoms with Crippen molar-refractivity contribution in [2.45, 2.75) is 19.8 Å². The molecule has 1 fully saturated rings. The molecule has 24 heavy (non-hydrogen) atoms. The van der Waals surface area contributed by atoms with E-state index in [2.05, 4.69) is 0 Å². The van der Waals surface area contributed by atoms with Gasteiger partial charge in [0.2, 0.25) is 5.91 Å². The minimum atomic E-state index is -0.883. The second-order valence-corrected chi connectivity index (χ2v) is 6.57. The number of likely N-dealkylation sites (tertiary alicyclic amines) is 1. The molecular weight excluding hydrogens is 332 g/mol. The first-order valence-corrected chi connectivity index (χ1v) is 8.19. The summed E-state index contributed by atoms with van der Waals surface area (Å²) in [5.41, 5.74) is 1.24. The number of likely N-dealkylation sites (N-methyl/N-ethyl adjacent to an activating group) is 1. The summed E-state index contributed by atoms with van der Waals surface area (Å²) in [4.78, 5) is 38.8. The van der Waals surface area contributed by atoms with Crippen LogP contribution in [0.1, 0.15) is 28.8 Å². The van der Waals surface area contributed by atoms with Crippen LogP contribution in [0.3, 0.4) is 0 Å². The second-order valence-electron chi connectivity index (χ2n) is 6.14. The Kier molecular flexibility index (Phi) is 5.83. The second kappa shape index (κ2) is 7.66. The van der Waals surface area contributed by atoms with E-state index in [4.69, 9.17) is 16.7 Å². The van der Waals surface area contributed by atoms with Crippen LogP contribution in [-0.4, -0.2) is 59.4 Å². The maximum Gasteiger partial charge on any atom is 0.308 e.